The summed E-state index contributed by atoms with van der Waals surface area (Å²) in [7, 11) is 0. The van der Waals surface area contributed by atoms with Gasteiger partial charge >= 0.3 is 6.18 Å². The summed E-state index contributed by atoms with van der Waals surface area (Å²) in [6.07, 6.45) is 0.0576. The molecular formula is C23H27F3O3. The summed E-state index contributed by atoms with van der Waals surface area (Å²) in [5.74, 6) is -1.43. The molecule has 0 radical (unpaired) electrons. The van der Waals surface area contributed by atoms with Crippen molar-refractivity contribution in [1.82, 2.24) is 0 Å². The number of hydrogen-bond donors (Lipinski definition) is 1. The van der Waals surface area contributed by atoms with Gasteiger partial charge in [-0.25, -0.2) is 0 Å². The molecule has 4 aliphatic rings. The minimum Gasteiger partial charge on any atom is -0.377 e. The lowest BCUT2D eigenvalue weighted by atomic mass is 9.47. The summed E-state index contributed by atoms with van der Waals surface area (Å²) < 4.78 is 42.1. The van der Waals surface area contributed by atoms with Crippen LogP contribution < -0.4 is 0 Å². The van der Waals surface area contributed by atoms with Crippen LogP contribution in [0.3, 0.4) is 0 Å². The molecule has 4 rings (SSSR count). The number of hydrogen-bond acceptors (Lipinski definition) is 3. The highest BCUT2D eigenvalue weighted by Crippen LogP contribution is 2.68. The lowest BCUT2D eigenvalue weighted by Gasteiger charge is -2.57. The highest BCUT2D eigenvalue weighted by atomic mass is 19.4. The average Bonchev–Trinajstić information content (AvgIpc) is 2.82. The van der Waals surface area contributed by atoms with E-state index in [-0.39, 0.29) is 29.6 Å². The molecule has 0 bridgehead atoms. The zero-order valence-corrected chi connectivity index (χ0v) is 17.0. The van der Waals surface area contributed by atoms with Gasteiger partial charge in [-0.05, 0) is 73.0 Å². The number of halogens is 3. The van der Waals surface area contributed by atoms with Crippen LogP contribution in [-0.2, 0) is 9.59 Å². The van der Waals surface area contributed by atoms with Crippen LogP contribution in [0.4, 0.5) is 13.2 Å². The second kappa shape index (κ2) is 5.93. The zero-order chi connectivity index (χ0) is 21.6. The van der Waals surface area contributed by atoms with Crippen molar-refractivity contribution in [2.75, 3.05) is 0 Å². The van der Waals surface area contributed by atoms with Crippen molar-refractivity contribution < 1.29 is 27.9 Å². The molecule has 158 valence electrons. The number of carbonyl (C=O) groups is 2. The monoisotopic (exact) mass is 408 g/mol. The maximum atomic E-state index is 14.0. The number of Topliss-reactive ketones (excluding diaryl/α,β-unsaturated/α-hetero) is 1. The Morgan fingerprint density at radius 1 is 1.24 bits per heavy atom. The summed E-state index contributed by atoms with van der Waals surface area (Å²) in [4.78, 5) is 24.4. The third-order valence-electron chi connectivity index (χ3n) is 8.62. The van der Waals surface area contributed by atoms with Gasteiger partial charge in [0.2, 0.25) is 0 Å². The molecule has 3 nitrogen and oxygen atoms in total. The number of ketones is 2. The molecule has 6 atom stereocenters. The van der Waals surface area contributed by atoms with E-state index in [0.29, 0.717) is 31.3 Å². The number of allylic oxidation sites excluding steroid dienone is 4. The number of aliphatic hydroxyl groups is 1. The van der Waals surface area contributed by atoms with Gasteiger partial charge in [0.1, 0.15) is 5.60 Å². The lowest BCUT2D eigenvalue weighted by molar-refractivity contribution is -0.152. The van der Waals surface area contributed by atoms with Crippen molar-refractivity contribution >= 4 is 11.6 Å². The van der Waals surface area contributed by atoms with Gasteiger partial charge in [0.05, 0.1) is 5.57 Å². The normalized spacial score (nSPS) is 44.4. The van der Waals surface area contributed by atoms with Crippen molar-refractivity contribution in [2.24, 2.45) is 28.6 Å². The Hall–Kier alpha value is -1.69. The van der Waals surface area contributed by atoms with Crippen LogP contribution in [0.5, 0.6) is 0 Å². The molecule has 0 heterocycles. The highest BCUT2D eigenvalue weighted by molar-refractivity contribution is 5.93. The van der Waals surface area contributed by atoms with Crippen LogP contribution in [0.1, 0.15) is 52.9 Å². The van der Waals surface area contributed by atoms with Gasteiger partial charge in [-0.3, -0.25) is 9.59 Å². The van der Waals surface area contributed by atoms with Crippen LogP contribution >= 0.6 is 0 Å². The van der Waals surface area contributed by atoms with Gasteiger partial charge in [0.15, 0.2) is 11.6 Å². The molecule has 0 aliphatic heterocycles. The molecule has 2 fully saturated rings. The van der Waals surface area contributed by atoms with Crippen LogP contribution in [0.25, 0.3) is 0 Å². The molecule has 0 unspecified atom stereocenters. The number of rotatable bonds is 1. The maximum Gasteiger partial charge on any atom is 0.416 e. The smallest absolute Gasteiger partial charge is 0.377 e. The molecule has 29 heavy (non-hydrogen) atoms. The van der Waals surface area contributed by atoms with Gasteiger partial charge in [0, 0.05) is 11.8 Å². The highest BCUT2D eigenvalue weighted by Gasteiger charge is 2.67. The van der Waals surface area contributed by atoms with Crippen molar-refractivity contribution in [3.05, 3.63) is 35.5 Å². The molecule has 0 aromatic rings. The first-order valence-electron chi connectivity index (χ1n) is 10.2. The molecular weight excluding hydrogens is 381 g/mol. The van der Waals surface area contributed by atoms with E-state index >= 15 is 0 Å². The molecule has 0 spiro atoms. The Bertz CT molecular complexity index is 882. The Morgan fingerprint density at radius 3 is 2.48 bits per heavy atom. The Balaban J connectivity index is 1.90. The van der Waals surface area contributed by atoms with Crippen LogP contribution in [0.2, 0.25) is 0 Å². The van der Waals surface area contributed by atoms with E-state index in [0.717, 1.165) is 0 Å². The van der Waals surface area contributed by atoms with E-state index in [4.69, 9.17) is 0 Å². The number of carbonyl (C=O) groups excluding carboxylic acids is 2. The fourth-order valence-electron chi connectivity index (χ4n) is 7.01. The van der Waals surface area contributed by atoms with Crippen molar-refractivity contribution in [1.29, 1.82) is 0 Å². The number of fused-ring (bicyclic) bond motifs is 5. The van der Waals surface area contributed by atoms with E-state index in [9.17, 15) is 27.9 Å². The Labute approximate surface area is 168 Å². The predicted octanol–water partition coefficient (Wildman–Crippen LogP) is 4.71. The van der Waals surface area contributed by atoms with Crippen molar-refractivity contribution in [3.8, 4) is 0 Å². The molecule has 2 saturated carbocycles. The molecule has 0 aromatic heterocycles. The van der Waals surface area contributed by atoms with Gasteiger partial charge < -0.3 is 5.11 Å². The lowest BCUT2D eigenvalue weighted by Crippen LogP contribution is -2.57. The van der Waals surface area contributed by atoms with Crippen LogP contribution in [0, 0.1) is 28.6 Å². The average molecular weight is 408 g/mol. The van der Waals surface area contributed by atoms with Gasteiger partial charge in [-0.2, -0.15) is 13.2 Å². The van der Waals surface area contributed by atoms with E-state index in [1.54, 1.807) is 0 Å². The zero-order valence-electron chi connectivity index (χ0n) is 17.0. The standard InChI is InChI=1S/C23H27F3O3/c1-12-9-17-15-11-19(23(24,25)26)18-10-14(28)5-7-20(18,3)16(15)6-8-21(17,4)22(12,29)13(2)27/h10-11,15-17,29H,1,5-9H2,2-4H3/t15-,16+,17+,20-,21+,22+/m1/s1. The van der Waals surface area contributed by atoms with E-state index in [2.05, 4.69) is 6.58 Å². The fourth-order valence-corrected chi connectivity index (χ4v) is 7.01. The fraction of sp³-hybridized carbons (Fsp3) is 0.652. The first-order valence-corrected chi connectivity index (χ1v) is 10.2. The quantitative estimate of drug-likeness (QED) is 0.639. The summed E-state index contributed by atoms with van der Waals surface area (Å²) in [5, 5.41) is 11.3. The summed E-state index contributed by atoms with van der Waals surface area (Å²) >= 11 is 0. The van der Waals surface area contributed by atoms with Crippen molar-refractivity contribution in [2.45, 2.75) is 64.7 Å². The minimum atomic E-state index is -4.56. The molecule has 0 aromatic carbocycles. The molecule has 6 heteroatoms. The minimum absolute atomic E-state index is 0.0619. The van der Waals surface area contributed by atoms with E-state index in [1.807, 2.05) is 13.8 Å². The second-order valence-electron chi connectivity index (χ2n) is 9.84. The first kappa shape index (κ1) is 20.6. The summed E-state index contributed by atoms with van der Waals surface area (Å²) in [6.45, 7) is 8.95. The van der Waals surface area contributed by atoms with E-state index < -0.39 is 39.9 Å². The van der Waals surface area contributed by atoms with Gasteiger partial charge in [0.25, 0.3) is 0 Å². The maximum absolute atomic E-state index is 14.0. The summed E-state index contributed by atoms with van der Waals surface area (Å²) in [6, 6.07) is 0. The predicted molar refractivity (Wildman–Crippen MR) is 102 cm³/mol. The van der Waals surface area contributed by atoms with Gasteiger partial charge in [-0.15, -0.1) is 0 Å². The molecule has 4 aliphatic carbocycles. The third-order valence-corrected chi connectivity index (χ3v) is 8.62. The van der Waals surface area contributed by atoms with Crippen molar-refractivity contribution in [3.63, 3.8) is 0 Å². The molecule has 0 amide bonds. The topological polar surface area (TPSA) is 54.4 Å². The summed E-state index contributed by atoms with van der Waals surface area (Å²) in [5.41, 5.74) is -3.48. The first-order chi connectivity index (χ1) is 13.3. The van der Waals surface area contributed by atoms with E-state index in [1.165, 1.54) is 19.1 Å². The largest absolute Gasteiger partial charge is 0.416 e. The third kappa shape index (κ3) is 2.47. The molecule has 1 N–H and O–H groups in total. The number of alkyl halides is 3. The Morgan fingerprint density at radius 2 is 1.90 bits per heavy atom. The molecule has 0 saturated heterocycles. The van der Waals surface area contributed by atoms with Gasteiger partial charge in [-0.1, -0.05) is 26.5 Å². The second-order valence-corrected chi connectivity index (χ2v) is 9.84. The van der Waals surface area contributed by atoms with Crippen LogP contribution in [0.15, 0.2) is 35.5 Å². The van der Waals surface area contributed by atoms with Crippen LogP contribution in [-0.4, -0.2) is 28.5 Å². The SMILES string of the molecule is C=C1C[C@H]2[C@@H]3C=C(C(F)(F)F)C4=CC(=O)CC[C@]4(C)[C@H]3CC[C@]2(C)[C@@]1(O)C(C)=O. The Kier molecular flexibility index (Phi) is 4.21.